The van der Waals surface area contributed by atoms with Crippen molar-refractivity contribution in [3.05, 3.63) is 30.6 Å². The van der Waals surface area contributed by atoms with Gasteiger partial charge in [-0.05, 0) is 25.0 Å². The zero-order valence-corrected chi connectivity index (χ0v) is 11.8. The Kier molecular flexibility index (Phi) is 3.49. The van der Waals surface area contributed by atoms with Crippen molar-refractivity contribution < 1.29 is 5.11 Å². The van der Waals surface area contributed by atoms with Gasteiger partial charge in [0.1, 0.15) is 0 Å². The van der Waals surface area contributed by atoms with Crippen LogP contribution < -0.4 is 10.6 Å². The number of aliphatic hydroxyl groups is 1. The predicted octanol–water partition coefficient (Wildman–Crippen LogP) is 2.56. The molecule has 1 aliphatic rings. The summed E-state index contributed by atoms with van der Waals surface area (Å²) in [5, 5.41) is 12.3. The van der Waals surface area contributed by atoms with Crippen molar-refractivity contribution in [2.24, 2.45) is 0 Å². The molecule has 0 bridgehead atoms. The van der Waals surface area contributed by atoms with Crippen LogP contribution in [0.4, 0.5) is 11.4 Å². The maximum atomic E-state index is 10.2. The molecule has 1 aromatic heterocycles. The number of aromatic nitrogens is 1. The maximum Gasteiger partial charge on any atom is 0.0743 e. The average molecular weight is 271 g/mol. The molecule has 3 rings (SSSR count). The molecule has 2 atom stereocenters. The van der Waals surface area contributed by atoms with Crippen molar-refractivity contribution in [3.63, 3.8) is 0 Å². The monoisotopic (exact) mass is 271 g/mol. The standard InChI is InChI=1S/C16H21N3O/c1-19(13-4-2-3-5-15(13)20)14-7-6-11-10-18-9-8-12(11)16(14)17/h6-10,13,15,20H,2-5,17H2,1H3. The Bertz CT molecular complexity index is 614. The van der Waals surface area contributed by atoms with E-state index in [-0.39, 0.29) is 12.1 Å². The number of rotatable bonds is 2. The summed E-state index contributed by atoms with van der Waals surface area (Å²) in [7, 11) is 2.03. The number of nitrogens with two attached hydrogens (primary N) is 1. The minimum absolute atomic E-state index is 0.158. The van der Waals surface area contributed by atoms with Gasteiger partial charge in [0.15, 0.2) is 0 Å². The van der Waals surface area contributed by atoms with Crippen LogP contribution in [0.5, 0.6) is 0 Å². The molecule has 106 valence electrons. The first kappa shape index (κ1) is 13.2. The first-order valence-corrected chi connectivity index (χ1v) is 7.21. The van der Waals surface area contributed by atoms with Crippen LogP contribution in [0.2, 0.25) is 0 Å². The van der Waals surface area contributed by atoms with E-state index in [9.17, 15) is 5.11 Å². The number of nitrogens with zero attached hydrogens (tertiary/aromatic N) is 2. The SMILES string of the molecule is CN(c1ccc2cnccc2c1N)C1CCCCC1O. The highest BCUT2D eigenvalue weighted by molar-refractivity contribution is 5.98. The molecule has 0 amide bonds. The first-order valence-electron chi connectivity index (χ1n) is 7.21. The lowest BCUT2D eigenvalue weighted by molar-refractivity contribution is 0.106. The van der Waals surface area contributed by atoms with E-state index in [2.05, 4.69) is 9.88 Å². The van der Waals surface area contributed by atoms with Gasteiger partial charge in [0, 0.05) is 30.2 Å². The molecule has 1 heterocycles. The van der Waals surface area contributed by atoms with Crippen LogP contribution in [-0.2, 0) is 0 Å². The summed E-state index contributed by atoms with van der Waals surface area (Å²) in [6.45, 7) is 0. The number of benzene rings is 1. The molecule has 1 aliphatic carbocycles. The largest absolute Gasteiger partial charge is 0.397 e. The number of hydrogen-bond donors (Lipinski definition) is 2. The van der Waals surface area contributed by atoms with Crippen LogP contribution in [0.25, 0.3) is 10.8 Å². The number of likely N-dealkylation sites (N-methyl/N-ethyl adjacent to an activating group) is 1. The minimum atomic E-state index is -0.263. The number of fused-ring (bicyclic) bond motifs is 1. The lowest BCUT2D eigenvalue weighted by atomic mass is 9.91. The summed E-state index contributed by atoms with van der Waals surface area (Å²) in [6, 6.07) is 6.17. The molecule has 0 radical (unpaired) electrons. The van der Waals surface area contributed by atoms with Gasteiger partial charge in [0.2, 0.25) is 0 Å². The van der Waals surface area contributed by atoms with Gasteiger partial charge in [0.05, 0.1) is 23.5 Å². The zero-order chi connectivity index (χ0) is 14.1. The number of hydrogen-bond acceptors (Lipinski definition) is 4. The third kappa shape index (κ3) is 2.20. The highest BCUT2D eigenvalue weighted by Gasteiger charge is 2.27. The lowest BCUT2D eigenvalue weighted by Crippen LogP contribution is -2.43. The maximum absolute atomic E-state index is 10.2. The Morgan fingerprint density at radius 2 is 2.05 bits per heavy atom. The van der Waals surface area contributed by atoms with Crippen molar-refractivity contribution in [2.45, 2.75) is 37.8 Å². The number of aliphatic hydroxyl groups excluding tert-OH is 1. The van der Waals surface area contributed by atoms with Gasteiger partial charge < -0.3 is 15.7 Å². The summed E-state index contributed by atoms with van der Waals surface area (Å²) < 4.78 is 0. The minimum Gasteiger partial charge on any atom is -0.397 e. The van der Waals surface area contributed by atoms with Crippen LogP contribution in [0.15, 0.2) is 30.6 Å². The van der Waals surface area contributed by atoms with Crippen LogP contribution in [0, 0.1) is 0 Å². The van der Waals surface area contributed by atoms with Crippen molar-refractivity contribution >= 4 is 22.1 Å². The van der Waals surface area contributed by atoms with E-state index in [0.717, 1.165) is 41.4 Å². The number of pyridine rings is 1. The quantitative estimate of drug-likeness (QED) is 0.824. The highest BCUT2D eigenvalue weighted by Crippen LogP contribution is 2.34. The Morgan fingerprint density at radius 3 is 2.85 bits per heavy atom. The van der Waals surface area contributed by atoms with E-state index < -0.39 is 0 Å². The molecular weight excluding hydrogens is 250 g/mol. The number of anilines is 2. The molecule has 2 aromatic rings. The predicted molar refractivity (Wildman–Crippen MR) is 82.8 cm³/mol. The third-order valence-electron chi connectivity index (χ3n) is 4.41. The summed E-state index contributed by atoms with van der Waals surface area (Å²) in [5.74, 6) is 0. The fraction of sp³-hybridized carbons (Fsp3) is 0.438. The lowest BCUT2D eigenvalue weighted by Gasteiger charge is -2.37. The molecule has 0 saturated heterocycles. The second-order valence-electron chi connectivity index (χ2n) is 5.63. The van der Waals surface area contributed by atoms with E-state index in [1.165, 1.54) is 6.42 Å². The average Bonchev–Trinajstić information content (AvgIpc) is 2.48. The van der Waals surface area contributed by atoms with Gasteiger partial charge in [-0.15, -0.1) is 0 Å². The smallest absolute Gasteiger partial charge is 0.0743 e. The molecule has 3 N–H and O–H groups in total. The fourth-order valence-electron chi connectivity index (χ4n) is 3.21. The zero-order valence-electron chi connectivity index (χ0n) is 11.8. The molecular formula is C16H21N3O. The van der Waals surface area contributed by atoms with Crippen molar-refractivity contribution in [1.29, 1.82) is 0 Å². The third-order valence-corrected chi connectivity index (χ3v) is 4.41. The number of nitrogen functional groups attached to an aromatic ring is 1. The van der Waals surface area contributed by atoms with Gasteiger partial charge in [-0.2, -0.15) is 0 Å². The second kappa shape index (κ2) is 5.29. The van der Waals surface area contributed by atoms with Gasteiger partial charge >= 0.3 is 0 Å². The Balaban J connectivity index is 1.98. The molecule has 4 nitrogen and oxygen atoms in total. The Morgan fingerprint density at radius 1 is 1.25 bits per heavy atom. The second-order valence-corrected chi connectivity index (χ2v) is 5.63. The van der Waals surface area contributed by atoms with E-state index in [4.69, 9.17) is 5.73 Å². The van der Waals surface area contributed by atoms with E-state index in [1.807, 2.05) is 31.4 Å². The molecule has 2 unspecified atom stereocenters. The van der Waals surface area contributed by atoms with Crippen molar-refractivity contribution in [1.82, 2.24) is 4.98 Å². The molecule has 1 aromatic carbocycles. The molecule has 1 fully saturated rings. The highest BCUT2D eigenvalue weighted by atomic mass is 16.3. The Hall–Kier alpha value is -1.81. The van der Waals surface area contributed by atoms with Crippen LogP contribution in [-0.4, -0.2) is 29.3 Å². The van der Waals surface area contributed by atoms with Gasteiger partial charge in [0.25, 0.3) is 0 Å². The van der Waals surface area contributed by atoms with E-state index >= 15 is 0 Å². The Labute approximate surface area is 119 Å². The van der Waals surface area contributed by atoms with Crippen LogP contribution in [0.1, 0.15) is 25.7 Å². The van der Waals surface area contributed by atoms with Crippen molar-refractivity contribution in [3.8, 4) is 0 Å². The molecule has 1 saturated carbocycles. The van der Waals surface area contributed by atoms with Crippen LogP contribution in [0.3, 0.4) is 0 Å². The summed E-state index contributed by atoms with van der Waals surface area (Å²) in [6.07, 6.45) is 7.51. The molecule has 4 heteroatoms. The van der Waals surface area contributed by atoms with Crippen LogP contribution >= 0.6 is 0 Å². The molecule has 20 heavy (non-hydrogen) atoms. The molecule has 0 aliphatic heterocycles. The summed E-state index contributed by atoms with van der Waals surface area (Å²) in [4.78, 5) is 6.26. The normalized spacial score (nSPS) is 22.9. The first-order chi connectivity index (χ1) is 9.68. The van der Waals surface area contributed by atoms with Gasteiger partial charge in [-0.1, -0.05) is 18.9 Å². The molecule has 0 spiro atoms. The fourth-order valence-corrected chi connectivity index (χ4v) is 3.21. The van der Waals surface area contributed by atoms with E-state index in [0.29, 0.717) is 0 Å². The summed E-state index contributed by atoms with van der Waals surface area (Å²) in [5.41, 5.74) is 8.08. The van der Waals surface area contributed by atoms with Crippen molar-refractivity contribution in [2.75, 3.05) is 17.7 Å². The van der Waals surface area contributed by atoms with Gasteiger partial charge in [-0.25, -0.2) is 0 Å². The summed E-state index contributed by atoms with van der Waals surface area (Å²) >= 11 is 0. The van der Waals surface area contributed by atoms with Gasteiger partial charge in [-0.3, -0.25) is 4.98 Å². The topological polar surface area (TPSA) is 62.4 Å². The van der Waals surface area contributed by atoms with E-state index in [1.54, 1.807) is 6.20 Å².